The normalized spacial score (nSPS) is 11.4. The molecule has 0 atom stereocenters. The van der Waals surface area contributed by atoms with E-state index >= 15 is 0 Å². The summed E-state index contributed by atoms with van der Waals surface area (Å²) in [7, 11) is -3.81. The van der Waals surface area contributed by atoms with E-state index in [0.717, 1.165) is 0 Å². The van der Waals surface area contributed by atoms with Crippen LogP contribution < -0.4 is 16.0 Å². The molecule has 4 N–H and O–H groups in total. The summed E-state index contributed by atoms with van der Waals surface area (Å²) >= 11 is 0. The summed E-state index contributed by atoms with van der Waals surface area (Å²) in [6, 6.07) is 12.6. The molecule has 9 heteroatoms. The Labute approximate surface area is 142 Å². The Morgan fingerprint density at radius 3 is 2.56 bits per heavy atom. The summed E-state index contributed by atoms with van der Waals surface area (Å²) in [6.45, 7) is 0.0807. The first-order valence-electron chi connectivity index (χ1n) is 7.23. The van der Waals surface area contributed by atoms with Gasteiger partial charge in [0.05, 0.1) is 10.3 Å². The number of nitrogens with zero attached hydrogens (tertiary/aromatic N) is 1. The summed E-state index contributed by atoms with van der Waals surface area (Å²) in [4.78, 5) is 24.1. The van der Waals surface area contributed by atoms with Crippen LogP contribution in [-0.4, -0.2) is 24.5 Å². The number of carbonyl (C=O) groups excluding carboxylic acids is 1. The number of sulfonamides is 1. The van der Waals surface area contributed by atoms with Gasteiger partial charge in [-0.2, -0.15) is 5.10 Å². The van der Waals surface area contributed by atoms with Crippen molar-refractivity contribution in [1.82, 2.24) is 15.5 Å². The minimum atomic E-state index is -3.81. The molecular weight excluding hydrogens is 344 g/mol. The highest BCUT2D eigenvalue weighted by atomic mass is 32.2. The van der Waals surface area contributed by atoms with E-state index in [1.165, 1.54) is 18.2 Å². The highest BCUT2D eigenvalue weighted by molar-refractivity contribution is 7.89. The Bertz CT molecular complexity index is 1120. The van der Waals surface area contributed by atoms with Gasteiger partial charge >= 0.3 is 0 Å². The van der Waals surface area contributed by atoms with Gasteiger partial charge in [-0.3, -0.25) is 9.59 Å². The lowest BCUT2D eigenvalue weighted by atomic mass is 10.1. The molecule has 1 aromatic heterocycles. The summed E-state index contributed by atoms with van der Waals surface area (Å²) in [6.07, 6.45) is 0. The van der Waals surface area contributed by atoms with E-state index in [1.807, 2.05) is 0 Å². The van der Waals surface area contributed by atoms with Crippen molar-refractivity contribution in [2.24, 2.45) is 5.14 Å². The van der Waals surface area contributed by atoms with Crippen LogP contribution in [0.1, 0.15) is 16.1 Å². The number of primary sulfonamides is 1. The predicted molar refractivity (Wildman–Crippen MR) is 91.3 cm³/mol. The van der Waals surface area contributed by atoms with Gasteiger partial charge in [0.15, 0.2) is 5.69 Å². The number of fused-ring (bicyclic) bond motifs is 1. The Morgan fingerprint density at radius 2 is 1.84 bits per heavy atom. The lowest BCUT2D eigenvalue weighted by molar-refractivity contribution is 0.0946. The number of hydrogen-bond donors (Lipinski definition) is 3. The molecule has 0 fully saturated rings. The maximum Gasteiger partial charge on any atom is 0.272 e. The zero-order valence-corrected chi connectivity index (χ0v) is 13.7. The molecule has 1 heterocycles. The Balaban J connectivity index is 1.85. The van der Waals surface area contributed by atoms with Gasteiger partial charge < -0.3 is 5.32 Å². The minimum Gasteiger partial charge on any atom is -0.347 e. The molecule has 0 spiro atoms. The average molecular weight is 358 g/mol. The zero-order valence-electron chi connectivity index (χ0n) is 12.9. The largest absolute Gasteiger partial charge is 0.347 e. The Hall–Kier alpha value is -3.04. The predicted octanol–water partition coefficient (Wildman–Crippen LogP) is 0.501. The number of amides is 1. The number of carbonyl (C=O) groups is 1. The fourth-order valence-corrected chi connectivity index (χ4v) is 2.97. The number of nitrogens with two attached hydrogens (primary N) is 1. The maximum atomic E-state index is 12.4. The number of nitrogens with one attached hydrogen (secondary N) is 2. The maximum absolute atomic E-state index is 12.4. The molecule has 0 aliphatic rings. The van der Waals surface area contributed by atoms with Crippen molar-refractivity contribution in [2.75, 3.05) is 0 Å². The molecule has 0 saturated heterocycles. The average Bonchev–Trinajstić information content (AvgIpc) is 2.60. The number of rotatable bonds is 4. The molecule has 0 bridgehead atoms. The Kier molecular flexibility index (Phi) is 4.34. The van der Waals surface area contributed by atoms with Gasteiger partial charge in [0, 0.05) is 11.9 Å². The van der Waals surface area contributed by atoms with Gasteiger partial charge in [0.2, 0.25) is 10.0 Å². The monoisotopic (exact) mass is 358 g/mol. The molecule has 0 radical (unpaired) electrons. The summed E-state index contributed by atoms with van der Waals surface area (Å²) in [5, 5.41) is 14.6. The number of aromatic amines is 1. The standard InChI is InChI=1S/C16H14N4O4S/c17-25(23,24)11-5-3-4-10(8-11)9-18-16(22)14-12-6-1-2-7-13(12)15(21)20-19-14/h1-8H,9H2,(H,18,22)(H,20,21)(H2,17,23,24). The van der Waals surface area contributed by atoms with Crippen LogP contribution in [0.2, 0.25) is 0 Å². The van der Waals surface area contributed by atoms with Crippen molar-refractivity contribution in [3.63, 3.8) is 0 Å². The lowest BCUT2D eigenvalue weighted by Crippen LogP contribution is -2.26. The molecule has 0 aliphatic carbocycles. The Morgan fingerprint density at radius 1 is 1.12 bits per heavy atom. The molecule has 128 valence electrons. The lowest BCUT2D eigenvalue weighted by Gasteiger charge is -2.08. The molecule has 2 aromatic carbocycles. The minimum absolute atomic E-state index is 0.0353. The third-order valence-corrected chi connectivity index (χ3v) is 4.50. The van der Waals surface area contributed by atoms with Gasteiger partial charge in [-0.1, -0.05) is 30.3 Å². The second-order valence-electron chi connectivity index (χ2n) is 5.32. The quantitative estimate of drug-likeness (QED) is 0.624. The van der Waals surface area contributed by atoms with Gasteiger partial charge in [-0.25, -0.2) is 18.7 Å². The molecule has 0 saturated carbocycles. The fraction of sp³-hybridized carbons (Fsp3) is 0.0625. The second kappa shape index (κ2) is 6.46. The van der Waals surface area contributed by atoms with E-state index in [0.29, 0.717) is 16.3 Å². The molecule has 3 rings (SSSR count). The van der Waals surface area contributed by atoms with E-state index in [4.69, 9.17) is 5.14 Å². The van der Waals surface area contributed by atoms with Crippen LogP contribution in [0.4, 0.5) is 0 Å². The topological polar surface area (TPSA) is 135 Å². The first kappa shape index (κ1) is 16.8. The first-order valence-corrected chi connectivity index (χ1v) is 8.78. The smallest absolute Gasteiger partial charge is 0.272 e. The first-order chi connectivity index (χ1) is 11.9. The van der Waals surface area contributed by atoms with Crippen LogP contribution in [0.3, 0.4) is 0 Å². The van der Waals surface area contributed by atoms with Gasteiger partial charge in [-0.05, 0) is 23.8 Å². The van der Waals surface area contributed by atoms with Crippen molar-refractivity contribution in [1.29, 1.82) is 0 Å². The van der Waals surface area contributed by atoms with Crippen LogP contribution in [0.25, 0.3) is 10.8 Å². The van der Waals surface area contributed by atoms with Crippen LogP contribution in [0.15, 0.2) is 58.2 Å². The van der Waals surface area contributed by atoms with Crippen LogP contribution in [0, 0.1) is 0 Å². The highest BCUT2D eigenvalue weighted by Gasteiger charge is 2.14. The van der Waals surface area contributed by atoms with Crippen molar-refractivity contribution < 1.29 is 13.2 Å². The van der Waals surface area contributed by atoms with E-state index in [-0.39, 0.29) is 22.7 Å². The van der Waals surface area contributed by atoms with Crippen LogP contribution in [0.5, 0.6) is 0 Å². The molecule has 1 amide bonds. The van der Waals surface area contributed by atoms with Crippen molar-refractivity contribution >= 4 is 26.7 Å². The van der Waals surface area contributed by atoms with Crippen molar-refractivity contribution in [3.8, 4) is 0 Å². The third-order valence-electron chi connectivity index (χ3n) is 3.59. The number of hydrogen-bond acceptors (Lipinski definition) is 5. The van der Waals surface area contributed by atoms with E-state index in [2.05, 4.69) is 15.5 Å². The molecule has 8 nitrogen and oxygen atoms in total. The number of aromatic nitrogens is 2. The number of H-pyrrole nitrogens is 1. The SMILES string of the molecule is NS(=O)(=O)c1cccc(CNC(=O)c2n[nH]c(=O)c3ccccc23)c1. The van der Waals surface area contributed by atoms with Gasteiger partial charge in [0.25, 0.3) is 11.5 Å². The van der Waals surface area contributed by atoms with Crippen molar-refractivity contribution in [3.05, 3.63) is 70.1 Å². The second-order valence-corrected chi connectivity index (χ2v) is 6.88. The number of benzene rings is 2. The fourth-order valence-electron chi connectivity index (χ4n) is 2.39. The molecule has 0 unspecified atom stereocenters. The van der Waals surface area contributed by atoms with E-state index < -0.39 is 15.9 Å². The van der Waals surface area contributed by atoms with E-state index in [9.17, 15) is 18.0 Å². The summed E-state index contributed by atoms with van der Waals surface area (Å²) < 4.78 is 22.7. The molecular formula is C16H14N4O4S. The molecule has 3 aromatic rings. The van der Waals surface area contributed by atoms with Crippen molar-refractivity contribution in [2.45, 2.75) is 11.4 Å². The zero-order chi connectivity index (χ0) is 18.0. The molecule has 0 aliphatic heterocycles. The van der Waals surface area contributed by atoms with Gasteiger partial charge in [-0.15, -0.1) is 0 Å². The summed E-state index contributed by atoms with van der Waals surface area (Å²) in [5.41, 5.74) is 0.263. The van der Waals surface area contributed by atoms with Crippen LogP contribution in [-0.2, 0) is 16.6 Å². The third kappa shape index (κ3) is 3.57. The van der Waals surface area contributed by atoms with Crippen LogP contribution >= 0.6 is 0 Å². The molecule has 25 heavy (non-hydrogen) atoms. The highest BCUT2D eigenvalue weighted by Crippen LogP contribution is 2.13. The summed E-state index contributed by atoms with van der Waals surface area (Å²) in [5.74, 6) is -0.492. The van der Waals surface area contributed by atoms with E-state index in [1.54, 1.807) is 30.3 Å². The van der Waals surface area contributed by atoms with Gasteiger partial charge in [0.1, 0.15) is 0 Å².